The highest BCUT2D eigenvalue weighted by molar-refractivity contribution is 5.89. The number of nitrogens with one attached hydrogen (secondary N) is 2. The van der Waals surface area contributed by atoms with Gasteiger partial charge >= 0.3 is 6.03 Å². The van der Waals surface area contributed by atoms with Crippen molar-refractivity contribution >= 4 is 11.7 Å². The second-order valence-corrected chi connectivity index (χ2v) is 5.54. The fraction of sp³-hybridized carbons (Fsp3) is 0.105. The molecule has 0 spiro atoms. The first kappa shape index (κ1) is 16.7. The van der Waals surface area contributed by atoms with Crippen molar-refractivity contribution in [2.45, 2.75) is 13.1 Å². The van der Waals surface area contributed by atoms with E-state index < -0.39 is 11.8 Å². The van der Waals surface area contributed by atoms with Gasteiger partial charge in [0.1, 0.15) is 11.6 Å². The highest BCUT2D eigenvalue weighted by Gasteiger charge is 2.08. The molecular weight excluding hydrogens is 324 g/mol. The fourth-order valence-electron chi connectivity index (χ4n) is 2.50. The molecule has 3 rings (SSSR count). The first-order chi connectivity index (χ1) is 12.1. The molecule has 3 aromatic rings. The van der Waals surface area contributed by atoms with Crippen molar-refractivity contribution in [1.29, 1.82) is 0 Å². The number of carbonyl (C=O) groups is 1. The van der Waals surface area contributed by atoms with Gasteiger partial charge in [0.25, 0.3) is 0 Å². The number of carbonyl (C=O) groups excluding carboxylic acids is 1. The Hall–Kier alpha value is -3.15. The van der Waals surface area contributed by atoms with E-state index >= 15 is 0 Å². The Morgan fingerprint density at radius 3 is 2.64 bits per heavy atom. The van der Waals surface area contributed by atoms with Gasteiger partial charge in [-0.3, -0.25) is 0 Å². The van der Waals surface area contributed by atoms with Crippen LogP contribution in [0.25, 0.3) is 0 Å². The second kappa shape index (κ2) is 7.61. The lowest BCUT2D eigenvalue weighted by atomic mass is 10.2. The van der Waals surface area contributed by atoms with Crippen molar-refractivity contribution in [1.82, 2.24) is 9.88 Å². The van der Waals surface area contributed by atoms with E-state index in [0.29, 0.717) is 6.54 Å². The molecule has 2 amide bonds. The molecule has 0 aliphatic rings. The summed E-state index contributed by atoms with van der Waals surface area (Å²) in [7, 11) is 0. The highest BCUT2D eigenvalue weighted by Crippen LogP contribution is 2.12. The average molecular weight is 341 g/mol. The molecule has 0 fully saturated rings. The van der Waals surface area contributed by atoms with E-state index in [2.05, 4.69) is 10.6 Å². The summed E-state index contributed by atoms with van der Waals surface area (Å²) < 4.78 is 28.7. The third kappa shape index (κ3) is 4.44. The van der Waals surface area contributed by atoms with Gasteiger partial charge in [-0.05, 0) is 42.0 Å². The van der Waals surface area contributed by atoms with Crippen LogP contribution in [0.3, 0.4) is 0 Å². The van der Waals surface area contributed by atoms with Gasteiger partial charge in [0.2, 0.25) is 0 Å². The van der Waals surface area contributed by atoms with Crippen molar-refractivity contribution < 1.29 is 13.6 Å². The lowest BCUT2D eigenvalue weighted by molar-refractivity contribution is 0.251. The Morgan fingerprint density at radius 2 is 1.84 bits per heavy atom. The van der Waals surface area contributed by atoms with Crippen LogP contribution in [-0.4, -0.2) is 10.6 Å². The van der Waals surface area contributed by atoms with Crippen LogP contribution in [0, 0.1) is 11.6 Å². The lowest BCUT2D eigenvalue weighted by Crippen LogP contribution is -2.29. The van der Waals surface area contributed by atoms with E-state index in [9.17, 15) is 13.6 Å². The smallest absolute Gasteiger partial charge is 0.319 e. The zero-order chi connectivity index (χ0) is 17.6. The molecule has 0 saturated heterocycles. The third-order valence-corrected chi connectivity index (χ3v) is 3.72. The molecule has 2 N–H and O–H groups in total. The Balaban J connectivity index is 1.60. The van der Waals surface area contributed by atoms with Crippen LogP contribution >= 0.6 is 0 Å². The molecule has 6 heteroatoms. The van der Waals surface area contributed by atoms with E-state index in [-0.39, 0.29) is 18.0 Å². The lowest BCUT2D eigenvalue weighted by Gasteiger charge is -2.12. The molecule has 128 valence electrons. The summed E-state index contributed by atoms with van der Waals surface area (Å²) in [5.41, 5.74) is 1.80. The van der Waals surface area contributed by atoms with Crippen molar-refractivity contribution in [2.24, 2.45) is 0 Å². The Kier molecular flexibility index (Phi) is 5.09. The number of aromatic nitrogens is 1. The van der Waals surface area contributed by atoms with Crippen LogP contribution in [0.1, 0.15) is 11.3 Å². The number of rotatable bonds is 5. The van der Waals surface area contributed by atoms with Crippen LogP contribution < -0.4 is 10.6 Å². The minimum Gasteiger partial charge on any atom is -0.345 e. The van der Waals surface area contributed by atoms with Gasteiger partial charge < -0.3 is 15.2 Å². The van der Waals surface area contributed by atoms with Crippen LogP contribution in [0.4, 0.5) is 19.3 Å². The van der Waals surface area contributed by atoms with Gasteiger partial charge in [-0.2, -0.15) is 0 Å². The molecule has 0 radical (unpaired) electrons. The number of para-hydroxylation sites is 1. The SMILES string of the molecule is O=C(NCc1cccn1Cc1cccc(F)c1)Nc1ccccc1F. The predicted octanol–water partition coefficient (Wildman–Crippen LogP) is 4.14. The first-order valence-corrected chi connectivity index (χ1v) is 7.79. The van der Waals surface area contributed by atoms with E-state index in [0.717, 1.165) is 11.3 Å². The maximum Gasteiger partial charge on any atom is 0.319 e. The number of urea groups is 1. The van der Waals surface area contributed by atoms with Crippen molar-refractivity contribution in [3.05, 3.63) is 89.8 Å². The van der Waals surface area contributed by atoms with Crippen LogP contribution in [-0.2, 0) is 13.1 Å². The number of nitrogens with zero attached hydrogens (tertiary/aromatic N) is 1. The topological polar surface area (TPSA) is 46.1 Å². The number of benzene rings is 2. The molecule has 0 saturated carbocycles. The Morgan fingerprint density at radius 1 is 1.00 bits per heavy atom. The zero-order valence-corrected chi connectivity index (χ0v) is 13.4. The van der Waals surface area contributed by atoms with Crippen LogP contribution in [0.15, 0.2) is 66.9 Å². The number of hydrogen-bond donors (Lipinski definition) is 2. The summed E-state index contributed by atoms with van der Waals surface area (Å²) in [6.45, 7) is 0.763. The van der Waals surface area contributed by atoms with Gasteiger partial charge in [-0.1, -0.05) is 24.3 Å². The minimum absolute atomic E-state index is 0.121. The molecule has 25 heavy (non-hydrogen) atoms. The van der Waals surface area contributed by atoms with E-state index in [1.807, 2.05) is 29.0 Å². The normalized spacial score (nSPS) is 10.5. The molecule has 4 nitrogen and oxygen atoms in total. The molecule has 1 heterocycles. The number of hydrogen-bond acceptors (Lipinski definition) is 1. The van der Waals surface area contributed by atoms with Crippen molar-refractivity contribution in [2.75, 3.05) is 5.32 Å². The quantitative estimate of drug-likeness (QED) is 0.720. The largest absolute Gasteiger partial charge is 0.345 e. The van der Waals surface area contributed by atoms with E-state index in [1.54, 1.807) is 18.2 Å². The Bertz CT molecular complexity index is 876. The molecule has 1 aromatic heterocycles. The van der Waals surface area contributed by atoms with Gasteiger partial charge in [0.15, 0.2) is 0 Å². The van der Waals surface area contributed by atoms with Gasteiger partial charge in [-0.25, -0.2) is 13.6 Å². The maximum atomic E-state index is 13.5. The molecular formula is C19H17F2N3O. The predicted molar refractivity (Wildman–Crippen MR) is 92.2 cm³/mol. The third-order valence-electron chi connectivity index (χ3n) is 3.72. The summed E-state index contributed by atoms with van der Waals surface area (Å²) in [5.74, 6) is -0.777. The van der Waals surface area contributed by atoms with Gasteiger partial charge in [0, 0.05) is 18.4 Å². The summed E-state index contributed by atoms with van der Waals surface area (Å²) in [6.07, 6.45) is 1.86. The summed E-state index contributed by atoms with van der Waals surface area (Å²) in [6, 6.07) is 15.6. The number of anilines is 1. The monoisotopic (exact) mass is 341 g/mol. The summed E-state index contributed by atoms with van der Waals surface area (Å²) in [5, 5.41) is 5.15. The summed E-state index contributed by atoms with van der Waals surface area (Å²) in [4.78, 5) is 11.9. The standard InChI is InChI=1S/C19H17F2N3O/c20-15-6-3-5-14(11-15)13-24-10-4-7-16(24)12-22-19(25)23-18-9-2-1-8-17(18)21/h1-11H,12-13H2,(H2,22,23,25). The first-order valence-electron chi connectivity index (χ1n) is 7.79. The molecule has 0 aliphatic carbocycles. The fourth-order valence-corrected chi connectivity index (χ4v) is 2.50. The molecule has 0 unspecified atom stereocenters. The Labute approximate surface area is 144 Å². The average Bonchev–Trinajstić information content (AvgIpc) is 3.02. The molecule has 0 aliphatic heterocycles. The van der Waals surface area contributed by atoms with Gasteiger partial charge in [-0.15, -0.1) is 0 Å². The second-order valence-electron chi connectivity index (χ2n) is 5.54. The highest BCUT2D eigenvalue weighted by atomic mass is 19.1. The summed E-state index contributed by atoms with van der Waals surface area (Å²) >= 11 is 0. The van der Waals surface area contributed by atoms with E-state index in [1.165, 1.54) is 24.3 Å². The zero-order valence-electron chi connectivity index (χ0n) is 13.4. The maximum absolute atomic E-state index is 13.5. The number of amides is 2. The van der Waals surface area contributed by atoms with Crippen LogP contribution in [0.2, 0.25) is 0 Å². The van der Waals surface area contributed by atoms with Crippen molar-refractivity contribution in [3.63, 3.8) is 0 Å². The van der Waals surface area contributed by atoms with Crippen molar-refractivity contribution in [3.8, 4) is 0 Å². The van der Waals surface area contributed by atoms with Crippen LogP contribution in [0.5, 0.6) is 0 Å². The molecule has 0 bridgehead atoms. The van der Waals surface area contributed by atoms with E-state index in [4.69, 9.17) is 0 Å². The molecule has 2 aromatic carbocycles. The molecule has 0 atom stereocenters. The number of halogens is 2. The van der Waals surface area contributed by atoms with Gasteiger partial charge in [0.05, 0.1) is 12.2 Å². The minimum atomic E-state index is -0.497.